The lowest BCUT2D eigenvalue weighted by Crippen LogP contribution is -2.57. The fraction of sp³-hybridized carbons (Fsp3) is 0.792. The van der Waals surface area contributed by atoms with Gasteiger partial charge in [-0.25, -0.2) is 0 Å². The number of nitrogens with one attached hydrogen (secondary N) is 4. The molecule has 3 atom stereocenters. The second-order valence-electron chi connectivity index (χ2n) is 9.85. The Balaban J connectivity index is 3.08. The van der Waals surface area contributed by atoms with Crippen LogP contribution in [0.2, 0.25) is 0 Å². The van der Waals surface area contributed by atoms with Gasteiger partial charge in [-0.2, -0.15) is 0 Å². The lowest BCUT2D eigenvalue weighted by Gasteiger charge is -2.25. The first-order valence-corrected chi connectivity index (χ1v) is 13.9. The second kappa shape index (κ2) is 20.1. The third-order valence-corrected chi connectivity index (χ3v) is 6.44. The van der Waals surface area contributed by atoms with Gasteiger partial charge in [-0.15, -0.1) is 0 Å². The normalized spacial score (nSPS) is 23.0. The fourth-order valence-electron chi connectivity index (χ4n) is 4.21. The van der Waals surface area contributed by atoms with Crippen LogP contribution in [0.3, 0.4) is 0 Å². The molecule has 12 N–H and O–H groups in total. The van der Waals surface area contributed by atoms with Crippen LogP contribution in [0.25, 0.3) is 0 Å². The first-order valence-electron chi connectivity index (χ1n) is 13.9. The molecule has 14 nitrogen and oxygen atoms in total. The average molecular weight is 555 g/mol. The smallest absolute Gasteiger partial charge is 0.426 e. The number of rotatable bonds is 9. The first kappa shape index (κ1) is 34.1. The van der Waals surface area contributed by atoms with Crippen LogP contribution in [0.4, 0.5) is 0 Å². The van der Waals surface area contributed by atoms with Gasteiger partial charge in [0, 0.05) is 25.9 Å². The Kier molecular flexibility index (Phi) is 17.6. The number of nitrogens with two attached hydrogens (primary N) is 3. The van der Waals surface area contributed by atoms with Crippen molar-refractivity contribution >= 4 is 36.7 Å². The van der Waals surface area contributed by atoms with E-state index in [0.29, 0.717) is 77.3 Å². The number of unbranched alkanes of at least 4 members (excludes halogenated alkanes) is 1. The lowest BCUT2D eigenvalue weighted by molar-refractivity contribution is -0.132. The highest BCUT2D eigenvalue weighted by Crippen LogP contribution is 2.09. The Morgan fingerprint density at radius 1 is 0.821 bits per heavy atom. The van der Waals surface area contributed by atoms with Crippen LogP contribution in [0, 0.1) is 0 Å². The molecule has 0 radical (unpaired) electrons. The maximum Gasteiger partial charge on any atom is 0.475 e. The van der Waals surface area contributed by atoms with Gasteiger partial charge < -0.3 is 48.5 Å². The quantitative estimate of drug-likeness (QED) is 0.0653. The number of carbonyl (C=O) groups is 4. The molecular weight excluding hydrogens is 507 g/mol. The van der Waals surface area contributed by atoms with E-state index in [1.54, 1.807) is 0 Å². The Bertz CT molecular complexity index is 797. The maximum atomic E-state index is 13.2. The highest BCUT2D eigenvalue weighted by atomic mass is 16.4. The largest absolute Gasteiger partial charge is 0.475 e. The van der Waals surface area contributed by atoms with E-state index < -0.39 is 37.0 Å². The Labute approximate surface area is 230 Å². The van der Waals surface area contributed by atoms with E-state index in [0.717, 1.165) is 0 Å². The van der Waals surface area contributed by atoms with Crippen LogP contribution in [0.1, 0.15) is 83.5 Å². The zero-order valence-electron chi connectivity index (χ0n) is 22.8. The molecule has 0 aliphatic carbocycles. The molecule has 1 aliphatic heterocycles. The molecule has 0 bridgehead atoms. The van der Waals surface area contributed by atoms with Crippen molar-refractivity contribution in [2.45, 2.75) is 101 Å². The van der Waals surface area contributed by atoms with E-state index in [9.17, 15) is 29.2 Å². The predicted octanol–water partition coefficient (Wildman–Crippen LogP) is -2.11. The third-order valence-electron chi connectivity index (χ3n) is 6.44. The monoisotopic (exact) mass is 554 g/mol. The second-order valence-corrected chi connectivity index (χ2v) is 9.85. The van der Waals surface area contributed by atoms with Crippen LogP contribution in [0.15, 0.2) is 4.99 Å². The molecule has 0 aromatic carbocycles. The summed E-state index contributed by atoms with van der Waals surface area (Å²) < 4.78 is 0. The van der Waals surface area contributed by atoms with E-state index in [1.165, 1.54) is 0 Å². The molecule has 0 aromatic rings. The summed E-state index contributed by atoms with van der Waals surface area (Å²) in [7, 11) is -1.82. The topological polar surface area (TPSA) is 247 Å². The predicted molar refractivity (Wildman–Crippen MR) is 149 cm³/mol. The summed E-state index contributed by atoms with van der Waals surface area (Å²) in [5.74, 6) is -2.56. The summed E-state index contributed by atoms with van der Waals surface area (Å²) in [6.07, 6.45) is 6.01. The van der Waals surface area contributed by atoms with Crippen molar-refractivity contribution in [2.75, 3.05) is 19.6 Å². The van der Waals surface area contributed by atoms with Gasteiger partial charge in [0.2, 0.25) is 23.6 Å². The molecule has 15 heteroatoms. The van der Waals surface area contributed by atoms with E-state index in [4.69, 9.17) is 17.2 Å². The van der Waals surface area contributed by atoms with Crippen molar-refractivity contribution in [3.63, 3.8) is 0 Å². The summed E-state index contributed by atoms with van der Waals surface area (Å²) in [5, 5.41) is 30.6. The van der Waals surface area contributed by atoms with Gasteiger partial charge in [0.15, 0.2) is 5.96 Å². The molecule has 1 heterocycles. The summed E-state index contributed by atoms with van der Waals surface area (Å²) >= 11 is 0. The van der Waals surface area contributed by atoms with Gasteiger partial charge in [0.25, 0.3) is 0 Å². The number of aliphatic imine (C=N–C) groups is 1. The molecule has 1 rings (SSSR count). The highest BCUT2D eigenvalue weighted by molar-refractivity contribution is 6.43. The molecular formula is C24H47BN8O6. The van der Waals surface area contributed by atoms with E-state index in [2.05, 4.69) is 26.3 Å². The Morgan fingerprint density at radius 2 is 1.46 bits per heavy atom. The van der Waals surface area contributed by atoms with E-state index in [-0.39, 0.29) is 43.6 Å². The molecule has 0 saturated carbocycles. The first-order chi connectivity index (χ1) is 18.6. The summed E-state index contributed by atoms with van der Waals surface area (Å²) in [6.45, 7) is 1.10. The van der Waals surface area contributed by atoms with Crippen LogP contribution in [-0.2, 0) is 19.2 Å². The molecule has 1 fully saturated rings. The van der Waals surface area contributed by atoms with E-state index >= 15 is 0 Å². The van der Waals surface area contributed by atoms with Crippen LogP contribution < -0.4 is 38.5 Å². The number of carbonyl (C=O) groups excluding carboxylic acids is 4. The van der Waals surface area contributed by atoms with Crippen molar-refractivity contribution in [1.29, 1.82) is 0 Å². The summed E-state index contributed by atoms with van der Waals surface area (Å²) in [4.78, 5) is 54.9. The van der Waals surface area contributed by atoms with Gasteiger partial charge in [0.05, 0.1) is 5.94 Å². The molecule has 1 saturated heterocycles. The molecule has 39 heavy (non-hydrogen) atoms. The number of nitrogens with zero attached hydrogens (tertiary/aromatic N) is 1. The maximum absolute atomic E-state index is 13.2. The Morgan fingerprint density at radius 3 is 2.13 bits per heavy atom. The summed E-state index contributed by atoms with van der Waals surface area (Å²) in [5.41, 5.74) is 16.3. The fourth-order valence-corrected chi connectivity index (χ4v) is 4.21. The summed E-state index contributed by atoms with van der Waals surface area (Å²) in [6, 6.07) is -1.89. The minimum absolute atomic E-state index is 0.0823. The van der Waals surface area contributed by atoms with Crippen LogP contribution in [-0.4, -0.2) is 84.4 Å². The minimum Gasteiger partial charge on any atom is -0.426 e. The van der Waals surface area contributed by atoms with Crippen LogP contribution >= 0.6 is 0 Å². The van der Waals surface area contributed by atoms with Gasteiger partial charge in [-0.1, -0.05) is 12.8 Å². The number of hydrogen-bond donors (Lipinski definition) is 9. The number of hydrogen-bond acceptors (Lipinski definition) is 8. The van der Waals surface area contributed by atoms with Crippen molar-refractivity contribution in [2.24, 2.45) is 22.2 Å². The van der Waals surface area contributed by atoms with Gasteiger partial charge >= 0.3 is 7.12 Å². The molecule has 0 aromatic heterocycles. The van der Waals surface area contributed by atoms with Gasteiger partial charge in [0.1, 0.15) is 12.1 Å². The number of amides is 4. The Hall–Kier alpha value is -2.91. The van der Waals surface area contributed by atoms with Crippen molar-refractivity contribution in [3.8, 4) is 0 Å². The average Bonchev–Trinajstić information content (AvgIpc) is 2.87. The molecule has 0 unspecified atom stereocenters. The minimum atomic E-state index is -1.82. The van der Waals surface area contributed by atoms with Crippen LogP contribution in [0.5, 0.6) is 0 Å². The van der Waals surface area contributed by atoms with Crippen molar-refractivity contribution in [3.05, 3.63) is 0 Å². The zero-order chi connectivity index (χ0) is 29.0. The SMILES string of the molecule is NCCCC[C@@H]1NC(=O)CCCCCC(=O)NCCCC[C@@H](B(O)O)NC(=O)[C@H](CCCN=C(N)N)NC1=O. The van der Waals surface area contributed by atoms with Gasteiger partial charge in [-0.3, -0.25) is 24.2 Å². The molecule has 222 valence electrons. The standard InChI is InChI=1S/C24H47BN8O6/c26-14-6-4-9-17-22(36)32-18(10-8-16-30-24(27)28)23(37)33-19(25(38)39)11-5-7-15-29-20(34)12-2-1-3-13-21(35)31-17/h17-19,38-39H,1-16,26H2,(H,29,34)(H,31,35)(H,32,36)(H,33,37)(H4,27,28,30)/t17-,18-,19-/m0/s1. The van der Waals surface area contributed by atoms with Gasteiger partial charge in [-0.05, 0) is 64.3 Å². The third kappa shape index (κ3) is 15.9. The molecule has 0 spiro atoms. The number of guanidine groups is 1. The van der Waals surface area contributed by atoms with Crippen molar-refractivity contribution in [1.82, 2.24) is 21.3 Å². The lowest BCUT2D eigenvalue weighted by atomic mass is 9.76. The highest BCUT2D eigenvalue weighted by Gasteiger charge is 2.30. The molecule has 4 amide bonds. The van der Waals surface area contributed by atoms with Crippen molar-refractivity contribution < 1.29 is 29.2 Å². The zero-order valence-corrected chi connectivity index (χ0v) is 22.8. The molecule has 1 aliphatic rings. The van der Waals surface area contributed by atoms with E-state index in [1.807, 2.05) is 0 Å².